The van der Waals surface area contributed by atoms with Crippen LogP contribution in [-0.2, 0) is 0 Å². The standard InChI is InChI=1S/C14H12FNOS/c1-18-13-7-3-6-12(9-13)16-14(17)10-4-2-5-11(15)8-10/h2-9H,1H3,(H,16,17). The zero-order chi connectivity index (χ0) is 13.0. The first-order valence-electron chi connectivity index (χ1n) is 5.40. The summed E-state index contributed by atoms with van der Waals surface area (Å²) in [6.07, 6.45) is 1.97. The van der Waals surface area contributed by atoms with Crippen molar-refractivity contribution < 1.29 is 9.18 Å². The molecule has 4 heteroatoms. The van der Waals surface area contributed by atoms with Gasteiger partial charge in [0.15, 0.2) is 0 Å². The summed E-state index contributed by atoms with van der Waals surface area (Å²) in [7, 11) is 0. The maximum absolute atomic E-state index is 13.0. The summed E-state index contributed by atoms with van der Waals surface area (Å²) in [6, 6.07) is 13.1. The Hall–Kier alpha value is -1.81. The fraction of sp³-hybridized carbons (Fsp3) is 0.0714. The average molecular weight is 261 g/mol. The number of nitrogens with one attached hydrogen (secondary N) is 1. The van der Waals surface area contributed by atoms with E-state index in [1.807, 2.05) is 24.5 Å². The van der Waals surface area contributed by atoms with Crippen LogP contribution in [-0.4, -0.2) is 12.2 Å². The number of thioether (sulfide) groups is 1. The number of anilines is 1. The molecular formula is C14H12FNOS. The Balaban J connectivity index is 2.16. The first kappa shape index (κ1) is 12.6. The Kier molecular flexibility index (Phi) is 3.99. The van der Waals surface area contributed by atoms with Crippen LogP contribution in [0.15, 0.2) is 53.4 Å². The van der Waals surface area contributed by atoms with E-state index < -0.39 is 5.82 Å². The van der Waals surface area contributed by atoms with E-state index in [0.29, 0.717) is 11.3 Å². The third kappa shape index (κ3) is 3.11. The summed E-state index contributed by atoms with van der Waals surface area (Å²) < 4.78 is 13.0. The van der Waals surface area contributed by atoms with Crippen LogP contribution in [0.25, 0.3) is 0 Å². The Bertz CT molecular complexity index is 571. The first-order chi connectivity index (χ1) is 8.69. The molecule has 92 valence electrons. The number of carbonyl (C=O) groups is 1. The molecule has 0 unspecified atom stereocenters. The molecular weight excluding hydrogens is 249 g/mol. The topological polar surface area (TPSA) is 29.1 Å². The number of amides is 1. The predicted octanol–water partition coefficient (Wildman–Crippen LogP) is 3.80. The second kappa shape index (κ2) is 5.69. The van der Waals surface area contributed by atoms with Crippen LogP contribution in [0.3, 0.4) is 0 Å². The highest BCUT2D eigenvalue weighted by atomic mass is 32.2. The van der Waals surface area contributed by atoms with Crippen molar-refractivity contribution in [1.29, 1.82) is 0 Å². The number of carbonyl (C=O) groups excluding carboxylic acids is 1. The van der Waals surface area contributed by atoms with Crippen molar-refractivity contribution in [2.45, 2.75) is 4.90 Å². The van der Waals surface area contributed by atoms with Crippen molar-refractivity contribution in [2.75, 3.05) is 11.6 Å². The lowest BCUT2D eigenvalue weighted by Crippen LogP contribution is -2.11. The van der Waals surface area contributed by atoms with Crippen LogP contribution < -0.4 is 5.32 Å². The van der Waals surface area contributed by atoms with E-state index >= 15 is 0 Å². The molecule has 0 fully saturated rings. The number of hydrogen-bond donors (Lipinski definition) is 1. The number of benzene rings is 2. The maximum atomic E-state index is 13.0. The lowest BCUT2D eigenvalue weighted by molar-refractivity contribution is 0.102. The van der Waals surface area contributed by atoms with Gasteiger partial charge >= 0.3 is 0 Å². The van der Waals surface area contributed by atoms with Crippen molar-refractivity contribution in [2.24, 2.45) is 0 Å². The third-order valence-electron chi connectivity index (χ3n) is 2.41. The molecule has 0 aliphatic rings. The Morgan fingerprint density at radius 2 is 1.94 bits per heavy atom. The van der Waals surface area contributed by atoms with Crippen LogP contribution in [0.4, 0.5) is 10.1 Å². The minimum Gasteiger partial charge on any atom is -0.322 e. The molecule has 0 radical (unpaired) electrons. The van der Waals surface area contributed by atoms with Crippen molar-refractivity contribution in [1.82, 2.24) is 0 Å². The molecule has 18 heavy (non-hydrogen) atoms. The molecule has 0 saturated heterocycles. The fourth-order valence-corrected chi connectivity index (χ4v) is 1.99. The average Bonchev–Trinajstić information content (AvgIpc) is 2.39. The SMILES string of the molecule is CSc1cccc(NC(=O)c2cccc(F)c2)c1. The van der Waals surface area contributed by atoms with E-state index in [2.05, 4.69) is 5.32 Å². The summed E-state index contributed by atoms with van der Waals surface area (Å²) in [5.74, 6) is -0.728. The van der Waals surface area contributed by atoms with Crippen molar-refractivity contribution in [3.8, 4) is 0 Å². The van der Waals surface area contributed by atoms with Crippen molar-refractivity contribution in [3.05, 3.63) is 59.9 Å². The molecule has 2 aromatic carbocycles. The molecule has 0 atom stereocenters. The Morgan fingerprint density at radius 3 is 2.67 bits per heavy atom. The lowest BCUT2D eigenvalue weighted by Gasteiger charge is -2.06. The van der Waals surface area contributed by atoms with Gasteiger partial charge in [0.1, 0.15) is 5.82 Å². The van der Waals surface area contributed by atoms with E-state index in [4.69, 9.17) is 0 Å². The van der Waals surface area contributed by atoms with E-state index in [0.717, 1.165) is 4.90 Å². The van der Waals surface area contributed by atoms with Gasteiger partial charge < -0.3 is 5.32 Å². The molecule has 0 aliphatic carbocycles. The van der Waals surface area contributed by atoms with Crippen LogP contribution in [0.1, 0.15) is 10.4 Å². The second-order valence-corrected chi connectivity index (χ2v) is 4.58. The predicted molar refractivity (Wildman–Crippen MR) is 72.6 cm³/mol. The smallest absolute Gasteiger partial charge is 0.255 e. The van der Waals surface area contributed by atoms with Gasteiger partial charge in [-0.1, -0.05) is 12.1 Å². The van der Waals surface area contributed by atoms with E-state index in [1.54, 1.807) is 23.9 Å². The number of hydrogen-bond acceptors (Lipinski definition) is 2. The monoisotopic (exact) mass is 261 g/mol. The van der Waals surface area contributed by atoms with E-state index in [1.165, 1.54) is 18.2 Å². The molecule has 1 N–H and O–H groups in total. The summed E-state index contributed by atoms with van der Waals surface area (Å²) in [5.41, 5.74) is 1.01. The van der Waals surface area contributed by atoms with Gasteiger partial charge in [-0.15, -0.1) is 11.8 Å². The molecule has 2 rings (SSSR count). The molecule has 2 aromatic rings. The van der Waals surface area contributed by atoms with Crippen molar-refractivity contribution >= 4 is 23.4 Å². The van der Waals surface area contributed by atoms with Gasteiger partial charge in [-0.25, -0.2) is 4.39 Å². The molecule has 1 amide bonds. The minimum absolute atomic E-state index is 0.310. The van der Waals surface area contributed by atoms with Gasteiger partial charge in [0, 0.05) is 16.1 Å². The zero-order valence-corrected chi connectivity index (χ0v) is 10.6. The third-order valence-corrected chi connectivity index (χ3v) is 3.14. The first-order valence-corrected chi connectivity index (χ1v) is 6.62. The molecule has 0 heterocycles. The van der Waals surface area contributed by atoms with Crippen LogP contribution >= 0.6 is 11.8 Å². The highest BCUT2D eigenvalue weighted by Crippen LogP contribution is 2.19. The lowest BCUT2D eigenvalue weighted by atomic mass is 10.2. The van der Waals surface area contributed by atoms with Crippen molar-refractivity contribution in [3.63, 3.8) is 0 Å². The summed E-state index contributed by atoms with van der Waals surface area (Å²) >= 11 is 1.60. The molecule has 0 aromatic heterocycles. The molecule has 0 saturated carbocycles. The summed E-state index contributed by atoms with van der Waals surface area (Å²) in [6.45, 7) is 0. The summed E-state index contributed by atoms with van der Waals surface area (Å²) in [4.78, 5) is 12.9. The largest absolute Gasteiger partial charge is 0.322 e. The quantitative estimate of drug-likeness (QED) is 0.851. The Labute approximate surface area is 109 Å². The highest BCUT2D eigenvalue weighted by Gasteiger charge is 2.06. The fourth-order valence-electron chi connectivity index (χ4n) is 1.53. The number of halogens is 1. The molecule has 2 nitrogen and oxygen atoms in total. The van der Waals surface area contributed by atoms with Gasteiger partial charge in [0.25, 0.3) is 5.91 Å². The molecule has 0 spiro atoms. The van der Waals surface area contributed by atoms with Gasteiger partial charge in [-0.3, -0.25) is 4.79 Å². The van der Waals surface area contributed by atoms with Gasteiger partial charge in [-0.05, 0) is 42.7 Å². The second-order valence-electron chi connectivity index (χ2n) is 3.70. The number of rotatable bonds is 3. The summed E-state index contributed by atoms with van der Waals surface area (Å²) in [5, 5.41) is 2.74. The van der Waals surface area contributed by atoms with E-state index in [-0.39, 0.29) is 5.91 Å². The van der Waals surface area contributed by atoms with Crippen LogP contribution in [0, 0.1) is 5.82 Å². The van der Waals surface area contributed by atoms with Crippen LogP contribution in [0.2, 0.25) is 0 Å². The van der Waals surface area contributed by atoms with Gasteiger partial charge in [0.2, 0.25) is 0 Å². The molecule has 0 aliphatic heterocycles. The molecule has 0 bridgehead atoms. The van der Waals surface area contributed by atoms with E-state index in [9.17, 15) is 9.18 Å². The Morgan fingerprint density at radius 1 is 1.17 bits per heavy atom. The maximum Gasteiger partial charge on any atom is 0.255 e. The minimum atomic E-state index is -0.416. The van der Waals surface area contributed by atoms with Gasteiger partial charge in [0.05, 0.1) is 0 Å². The van der Waals surface area contributed by atoms with Crippen LogP contribution in [0.5, 0.6) is 0 Å². The van der Waals surface area contributed by atoms with Gasteiger partial charge in [-0.2, -0.15) is 0 Å². The highest BCUT2D eigenvalue weighted by molar-refractivity contribution is 7.98. The zero-order valence-electron chi connectivity index (χ0n) is 9.81. The normalized spacial score (nSPS) is 10.1.